The molecule has 1 aromatic heterocycles. The Morgan fingerprint density at radius 1 is 1.15 bits per heavy atom. The number of halogens is 2. The Hall–Kier alpha value is -2.67. The van der Waals surface area contributed by atoms with E-state index < -0.39 is 11.6 Å². The molecular weight excluding hydrogens is 356 g/mol. The van der Waals surface area contributed by atoms with Gasteiger partial charge in [-0.3, -0.25) is 4.79 Å². The number of fused-ring (bicyclic) bond motifs is 1. The number of nitrogens with zero attached hydrogens (tertiary/aromatic N) is 2. The highest BCUT2D eigenvalue weighted by Crippen LogP contribution is 2.41. The molecule has 1 unspecified atom stereocenters. The predicted molar refractivity (Wildman–Crippen MR) is 97.1 cm³/mol. The third-order valence-corrected chi connectivity index (χ3v) is 5.50. The fraction of sp³-hybridized carbons (Fsp3) is 0.158. The van der Waals surface area contributed by atoms with Crippen LogP contribution in [0.1, 0.15) is 21.9 Å². The summed E-state index contributed by atoms with van der Waals surface area (Å²) in [6, 6.07) is 13.6. The van der Waals surface area contributed by atoms with E-state index >= 15 is 0 Å². The van der Waals surface area contributed by atoms with Crippen LogP contribution in [0.4, 0.5) is 14.6 Å². The first-order chi connectivity index (χ1) is 12.6. The summed E-state index contributed by atoms with van der Waals surface area (Å²) in [5, 5.41) is 6.99. The molecule has 0 spiro atoms. The molecule has 1 atom stereocenters. The van der Waals surface area contributed by atoms with Gasteiger partial charge in [-0.15, -0.1) is 11.8 Å². The van der Waals surface area contributed by atoms with Crippen LogP contribution < -0.4 is 5.32 Å². The number of hydrogen-bond donors (Lipinski definition) is 1. The largest absolute Gasteiger partial charge is 0.310 e. The number of anilines is 1. The summed E-state index contributed by atoms with van der Waals surface area (Å²) < 4.78 is 28.7. The zero-order valence-corrected chi connectivity index (χ0v) is 14.5. The molecule has 2 heterocycles. The number of rotatable bonds is 3. The molecule has 7 heteroatoms. The van der Waals surface area contributed by atoms with Crippen molar-refractivity contribution in [2.75, 3.05) is 11.1 Å². The number of hydrogen-bond acceptors (Lipinski definition) is 3. The monoisotopic (exact) mass is 371 g/mol. The van der Waals surface area contributed by atoms with Crippen LogP contribution in [-0.4, -0.2) is 21.4 Å². The van der Waals surface area contributed by atoms with Gasteiger partial charge in [0.2, 0.25) is 5.91 Å². The van der Waals surface area contributed by atoms with Crippen LogP contribution in [0.25, 0.3) is 0 Å². The molecule has 0 saturated heterocycles. The molecule has 0 aliphatic carbocycles. The molecule has 2 aromatic carbocycles. The Morgan fingerprint density at radius 3 is 2.73 bits per heavy atom. The lowest BCUT2D eigenvalue weighted by atomic mass is 10.1. The van der Waals surface area contributed by atoms with Gasteiger partial charge in [-0.25, -0.2) is 13.5 Å². The van der Waals surface area contributed by atoms with Crippen molar-refractivity contribution >= 4 is 23.5 Å². The molecule has 0 bridgehead atoms. The zero-order valence-electron chi connectivity index (χ0n) is 13.7. The number of carbonyl (C=O) groups excluding carboxylic acids is 1. The summed E-state index contributed by atoms with van der Waals surface area (Å²) in [5.41, 5.74) is 2.43. The van der Waals surface area contributed by atoms with Gasteiger partial charge in [0.1, 0.15) is 5.82 Å². The molecule has 1 N–H and O–H groups in total. The van der Waals surface area contributed by atoms with Crippen molar-refractivity contribution in [2.24, 2.45) is 0 Å². The Balaban J connectivity index is 1.74. The maximum atomic E-state index is 13.7. The van der Waals surface area contributed by atoms with E-state index in [4.69, 9.17) is 0 Å². The van der Waals surface area contributed by atoms with Crippen molar-refractivity contribution in [1.29, 1.82) is 0 Å². The Kier molecular flexibility index (Phi) is 4.46. The quantitative estimate of drug-likeness (QED) is 0.757. The van der Waals surface area contributed by atoms with Crippen LogP contribution in [0.5, 0.6) is 0 Å². The van der Waals surface area contributed by atoms with Gasteiger partial charge < -0.3 is 5.32 Å². The highest BCUT2D eigenvalue weighted by Gasteiger charge is 2.28. The second-order valence-electron chi connectivity index (χ2n) is 6.00. The van der Waals surface area contributed by atoms with Crippen LogP contribution in [0, 0.1) is 11.6 Å². The first-order valence-electron chi connectivity index (χ1n) is 8.08. The molecule has 0 saturated carbocycles. The van der Waals surface area contributed by atoms with Crippen molar-refractivity contribution in [3.8, 4) is 0 Å². The average Bonchev–Trinajstić information content (AvgIpc) is 2.92. The minimum atomic E-state index is -0.898. The maximum Gasteiger partial charge on any atom is 0.235 e. The lowest BCUT2D eigenvalue weighted by molar-refractivity contribution is -0.113. The molecule has 1 aliphatic heterocycles. The van der Waals surface area contributed by atoms with E-state index in [0.717, 1.165) is 17.2 Å². The third kappa shape index (κ3) is 3.22. The van der Waals surface area contributed by atoms with Gasteiger partial charge in [-0.05, 0) is 23.3 Å². The standard InChI is InChI=1S/C19H15F2N3OS/c20-15-7-6-13(8-16(15)21)18-14-9-22-24(10-12-4-2-1-3-5-12)19(14)23-17(25)11-26-18/h1-9,18H,10-11H2,(H,23,25). The van der Waals surface area contributed by atoms with E-state index in [1.807, 2.05) is 30.3 Å². The second kappa shape index (κ2) is 6.92. The summed E-state index contributed by atoms with van der Waals surface area (Å²) in [7, 11) is 0. The second-order valence-corrected chi connectivity index (χ2v) is 7.10. The van der Waals surface area contributed by atoms with E-state index in [1.54, 1.807) is 16.9 Å². The average molecular weight is 371 g/mol. The third-order valence-electron chi connectivity index (χ3n) is 4.21. The summed E-state index contributed by atoms with van der Waals surface area (Å²) in [4.78, 5) is 12.1. The van der Waals surface area contributed by atoms with Crippen molar-refractivity contribution in [1.82, 2.24) is 9.78 Å². The minimum Gasteiger partial charge on any atom is -0.310 e. The van der Waals surface area contributed by atoms with Crippen molar-refractivity contribution in [2.45, 2.75) is 11.8 Å². The van der Waals surface area contributed by atoms with Gasteiger partial charge in [-0.1, -0.05) is 36.4 Å². The molecule has 1 aliphatic rings. The normalized spacial score (nSPS) is 16.7. The van der Waals surface area contributed by atoms with E-state index in [0.29, 0.717) is 17.9 Å². The number of benzene rings is 2. The van der Waals surface area contributed by atoms with Gasteiger partial charge in [0.15, 0.2) is 11.6 Å². The van der Waals surface area contributed by atoms with Gasteiger partial charge in [-0.2, -0.15) is 5.10 Å². The van der Waals surface area contributed by atoms with Crippen LogP contribution >= 0.6 is 11.8 Å². The number of aromatic nitrogens is 2. The highest BCUT2D eigenvalue weighted by molar-refractivity contribution is 8.00. The molecule has 1 amide bonds. The zero-order chi connectivity index (χ0) is 18.1. The first kappa shape index (κ1) is 16.8. The number of carbonyl (C=O) groups is 1. The van der Waals surface area contributed by atoms with Gasteiger partial charge >= 0.3 is 0 Å². The Morgan fingerprint density at radius 2 is 1.96 bits per heavy atom. The van der Waals surface area contributed by atoms with Crippen molar-refractivity contribution in [3.05, 3.63) is 83.1 Å². The fourth-order valence-corrected chi connectivity index (χ4v) is 4.05. The van der Waals surface area contributed by atoms with Crippen molar-refractivity contribution in [3.63, 3.8) is 0 Å². The van der Waals surface area contributed by atoms with Crippen LogP contribution in [0.15, 0.2) is 54.7 Å². The van der Waals surface area contributed by atoms with Gasteiger partial charge in [0, 0.05) is 5.56 Å². The SMILES string of the molecule is O=C1CSC(c2ccc(F)c(F)c2)c2cnn(Cc3ccccc3)c2N1. The summed E-state index contributed by atoms with van der Waals surface area (Å²) in [6.45, 7) is 0.506. The molecule has 4 nitrogen and oxygen atoms in total. The lowest BCUT2D eigenvalue weighted by Gasteiger charge is -2.14. The van der Waals surface area contributed by atoms with E-state index in [9.17, 15) is 13.6 Å². The topological polar surface area (TPSA) is 46.9 Å². The predicted octanol–water partition coefficient (Wildman–Crippen LogP) is 3.98. The minimum absolute atomic E-state index is 0.142. The lowest BCUT2D eigenvalue weighted by Crippen LogP contribution is -2.16. The molecule has 3 aromatic rings. The number of amides is 1. The number of nitrogens with one attached hydrogen (secondary N) is 1. The Labute approximate surface area is 153 Å². The summed E-state index contributed by atoms with van der Waals surface area (Å²) in [5.74, 6) is -1.11. The molecule has 0 fully saturated rings. The van der Waals surface area contributed by atoms with E-state index in [-0.39, 0.29) is 16.9 Å². The molecule has 0 radical (unpaired) electrons. The smallest absolute Gasteiger partial charge is 0.235 e. The van der Waals surface area contributed by atoms with Crippen LogP contribution in [0.3, 0.4) is 0 Å². The first-order valence-corrected chi connectivity index (χ1v) is 9.13. The Bertz CT molecular complexity index is 959. The van der Waals surface area contributed by atoms with Gasteiger partial charge in [0.25, 0.3) is 0 Å². The fourth-order valence-electron chi connectivity index (χ4n) is 2.97. The summed E-state index contributed by atoms with van der Waals surface area (Å²) in [6.07, 6.45) is 1.68. The van der Waals surface area contributed by atoms with E-state index in [2.05, 4.69) is 10.4 Å². The molecule has 26 heavy (non-hydrogen) atoms. The molecular formula is C19H15F2N3OS. The maximum absolute atomic E-state index is 13.7. The highest BCUT2D eigenvalue weighted by atomic mass is 32.2. The summed E-state index contributed by atoms with van der Waals surface area (Å²) >= 11 is 1.37. The van der Waals surface area contributed by atoms with E-state index in [1.165, 1.54) is 17.8 Å². The van der Waals surface area contributed by atoms with Crippen LogP contribution in [-0.2, 0) is 11.3 Å². The molecule has 4 rings (SSSR count). The number of thioether (sulfide) groups is 1. The van der Waals surface area contributed by atoms with Crippen LogP contribution in [0.2, 0.25) is 0 Å². The molecule has 132 valence electrons. The van der Waals surface area contributed by atoms with Crippen molar-refractivity contribution < 1.29 is 13.6 Å². The van der Waals surface area contributed by atoms with Gasteiger partial charge in [0.05, 0.1) is 23.7 Å².